The molecule has 0 unspecified atom stereocenters. The average Bonchev–Trinajstić information content (AvgIpc) is 2.75. The van der Waals surface area contributed by atoms with Gasteiger partial charge in [0.1, 0.15) is 18.0 Å². The number of hydrogen-bond acceptors (Lipinski definition) is 4. The van der Waals surface area contributed by atoms with E-state index in [1.165, 1.54) is 10.5 Å². The Bertz CT molecular complexity index is 1370. The van der Waals surface area contributed by atoms with E-state index in [4.69, 9.17) is 16.3 Å². The first kappa shape index (κ1) is 21.4. The van der Waals surface area contributed by atoms with Gasteiger partial charge in [0.25, 0.3) is 5.56 Å². The number of benzene rings is 2. The lowest BCUT2D eigenvalue weighted by molar-refractivity contribution is 0.261. The summed E-state index contributed by atoms with van der Waals surface area (Å²) in [4.78, 5) is 29.3. The van der Waals surface area contributed by atoms with Crippen molar-refractivity contribution in [1.29, 1.82) is 0 Å². The van der Waals surface area contributed by atoms with Gasteiger partial charge in [-0.1, -0.05) is 29.8 Å². The van der Waals surface area contributed by atoms with E-state index in [1.807, 2.05) is 32.0 Å². The smallest absolute Gasteiger partial charge is 0.323 e. The number of hydrogen-bond donors (Lipinski definition) is 2. The summed E-state index contributed by atoms with van der Waals surface area (Å²) in [6.07, 6.45) is 1.70. The summed E-state index contributed by atoms with van der Waals surface area (Å²) < 4.78 is 7.35. The molecular formula is C24H21ClN4O3. The Morgan fingerprint density at radius 3 is 2.69 bits per heavy atom. The molecule has 2 heterocycles. The van der Waals surface area contributed by atoms with Gasteiger partial charge in [-0.05, 0) is 61.4 Å². The van der Waals surface area contributed by atoms with E-state index in [9.17, 15) is 9.59 Å². The summed E-state index contributed by atoms with van der Waals surface area (Å²) in [5.41, 5.74) is 3.85. The standard InChI is InChI=1S/C24H21ClN4O3/c1-15-9-10-29-22(11-15)26-18(13-23(29)30)14-32-21-6-4-3-5-20(21)28-24(31)27-17-8-7-16(2)19(25)12-17/h3-13H,14H2,1-2H3,(H2,27,28,31). The lowest BCUT2D eigenvalue weighted by Gasteiger charge is -2.13. The van der Waals surface area contributed by atoms with E-state index < -0.39 is 6.03 Å². The van der Waals surface area contributed by atoms with Crippen LogP contribution in [-0.2, 0) is 6.61 Å². The molecule has 8 heteroatoms. The number of amides is 2. The van der Waals surface area contributed by atoms with Crippen LogP contribution in [-0.4, -0.2) is 15.4 Å². The Labute approximate surface area is 189 Å². The molecule has 0 bridgehead atoms. The molecule has 2 N–H and O–H groups in total. The number of urea groups is 1. The van der Waals surface area contributed by atoms with E-state index in [1.54, 1.807) is 42.6 Å². The fourth-order valence-electron chi connectivity index (χ4n) is 3.13. The number of rotatable bonds is 5. The van der Waals surface area contributed by atoms with Crippen LogP contribution in [0.1, 0.15) is 16.8 Å². The van der Waals surface area contributed by atoms with Crippen molar-refractivity contribution in [3.63, 3.8) is 0 Å². The molecule has 0 spiro atoms. The van der Waals surface area contributed by atoms with Crippen molar-refractivity contribution in [1.82, 2.24) is 9.38 Å². The number of fused-ring (bicyclic) bond motifs is 1. The molecule has 2 amide bonds. The molecule has 0 aliphatic carbocycles. The van der Waals surface area contributed by atoms with Gasteiger partial charge in [0.15, 0.2) is 0 Å². The van der Waals surface area contributed by atoms with Crippen molar-refractivity contribution in [2.24, 2.45) is 0 Å². The van der Waals surface area contributed by atoms with Crippen molar-refractivity contribution in [3.05, 3.63) is 99.1 Å². The first-order chi connectivity index (χ1) is 15.4. The summed E-state index contributed by atoms with van der Waals surface area (Å²) in [5, 5.41) is 6.09. The van der Waals surface area contributed by atoms with Crippen LogP contribution < -0.4 is 20.9 Å². The minimum atomic E-state index is -0.432. The zero-order chi connectivity index (χ0) is 22.7. The normalized spacial score (nSPS) is 10.7. The summed E-state index contributed by atoms with van der Waals surface area (Å²) in [5.74, 6) is 0.454. The van der Waals surface area contributed by atoms with Gasteiger partial charge in [-0.2, -0.15) is 0 Å². The largest absolute Gasteiger partial charge is 0.485 e. The molecule has 162 valence electrons. The third-order valence-electron chi connectivity index (χ3n) is 4.82. The zero-order valence-electron chi connectivity index (χ0n) is 17.6. The van der Waals surface area contributed by atoms with E-state index in [-0.39, 0.29) is 12.2 Å². The first-order valence-corrected chi connectivity index (χ1v) is 10.3. The molecule has 2 aromatic carbocycles. The van der Waals surface area contributed by atoms with E-state index in [0.29, 0.717) is 33.5 Å². The maximum Gasteiger partial charge on any atom is 0.323 e. The fraction of sp³-hybridized carbons (Fsp3) is 0.125. The van der Waals surface area contributed by atoms with Gasteiger partial charge >= 0.3 is 6.03 Å². The van der Waals surface area contributed by atoms with Crippen LogP contribution in [0.25, 0.3) is 5.65 Å². The van der Waals surface area contributed by atoms with Crippen molar-refractivity contribution in [3.8, 4) is 5.75 Å². The van der Waals surface area contributed by atoms with Crippen LogP contribution in [0.5, 0.6) is 5.75 Å². The minimum Gasteiger partial charge on any atom is -0.485 e. The zero-order valence-corrected chi connectivity index (χ0v) is 18.3. The fourth-order valence-corrected chi connectivity index (χ4v) is 3.31. The molecular weight excluding hydrogens is 428 g/mol. The predicted octanol–water partition coefficient (Wildman–Crippen LogP) is 5.19. The quantitative estimate of drug-likeness (QED) is 0.440. The van der Waals surface area contributed by atoms with Crippen molar-refractivity contribution >= 4 is 34.7 Å². The minimum absolute atomic E-state index is 0.0769. The van der Waals surface area contributed by atoms with Gasteiger partial charge in [-0.3, -0.25) is 9.20 Å². The summed E-state index contributed by atoms with van der Waals surface area (Å²) in [6, 6.07) is 17.0. The number of nitrogens with one attached hydrogen (secondary N) is 2. The van der Waals surface area contributed by atoms with Crippen molar-refractivity contribution in [2.45, 2.75) is 20.5 Å². The molecule has 0 radical (unpaired) electrons. The SMILES string of the molecule is Cc1ccn2c(=O)cc(COc3ccccc3NC(=O)Nc3ccc(C)c(Cl)c3)nc2c1. The predicted molar refractivity (Wildman–Crippen MR) is 126 cm³/mol. The Hall–Kier alpha value is -3.84. The number of pyridine rings is 1. The molecule has 32 heavy (non-hydrogen) atoms. The van der Waals surface area contributed by atoms with E-state index in [0.717, 1.165) is 11.1 Å². The second-order valence-electron chi connectivity index (χ2n) is 7.35. The third-order valence-corrected chi connectivity index (χ3v) is 5.22. The number of nitrogens with zero attached hydrogens (tertiary/aromatic N) is 2. The lowest BCUT2D eigenvalue weighted by atomic mass is 10.2. The number of anilines is 2. The first-order valence-electron chi connectivity index (χ1n) is 9.94. The average molecular weight is 449 g/mol. The number of ether oxygens (including phenoxy) is 1. The highest BCUT2D eigenvalue weighted by atomic mass is 35.5. The molecule has 2 aromatic heterocycles. The van der Waals surface area contributed by atoms with E-state index >= 15 is 0 Å². The molecule has 4 aromatic rings. The Balaban J connectivity index is 1.48. The number of halogens is 1. The van der Waals surface area contributed by atoms with Crippen molar-refractivity contribution in [2.75, 3.05) is 10.6 Å². The van der Waals surface area contributed by atoms with Crippen molar-refractivity contribution < 1.29 is 9.53 Å². The number of carbonyl (C=O) groups is 1. The van der Waals surface area contributed by atoms with Gasteiger partial charge in [-0.25, -0.2) is 9.78 Å². The highest BCUT2D eigenvalue weighted by Crippen LogP contribution is 2.25. The maximum atomic E-state index is 12.5. The molecule has 4 rings (SSSR count). The molecule has 7 nitrogen and oxygen atoms in total. The number of aromatic nitrogens is 2. The Morgan fingerprint density at radius 2 is 1.88 bits per heavy atom. The van der Waals surface area contributed by atoms with Gasteiger partial charge in [0, 0.05) is 23.0 Å². The molecule has 0 aliphatic heterocycles. The molecule has 0 atom stereocenters. The van der Waals surface area contributed by atoms with E-state index in [2.05, 4.69) is 15.6 Å². The monoisotopic (exact) mass is 448 g/mol. The van der Waals surface area contributed by atoms with Gasteiger partial charge in [0.05, 0.1) is 11.4 Å². The van der Waals surface area contributed by atoms with Crippen LogP contribution in [0, 0.1) is 13.8 Å². The van der Waals surface area contributed by atoms with Gasteiger partial charge in [0.2, 0.25) is 0 Å². The highest BCUT2D eigenvalue weighted by molar-refractivity contribution is 6.31. The van der Waals surface area contributed by atoms with Gasteiger partial charge < -0.3 is 15.4 Å². The molecule has 0 fully saturated rings. The molecule has 0 aliphatic rings. The second-order valence-corrected chi connectivity index (χ2v) is 7.75. The maximum absolute atomic E-state index is 12.5. The van der Waals surface area contributed by atoms with Gasteiger partial charge in [-0.15, -0.1) is 0 Å². The summed E-state index contributed by atoms with van der Waals surface area (Å²) in [7, 11) is 0. The summed E-state index contributed by atoms with van der Waals surface area (Å²) in [6.45, 7) is 3.90. The van der Waals surface area contributed by atoms with Crippen LogP contribution in [0.3, 0.4) is 0 Å². The third kappa shape index (κ3) is 4.90. The second kappa shape index (κ2) is 9.11. The summed E-state index contributed by atoms with van der Waals surface area (Å²) >= 11 is 6.12. The highest BCUT2D eigenvalue weighted by Gasteiger charge is 2.10. The Kier molecular flexibility index (Phi) is 6.09. The molecule has 0 saturated heterocycles. The van der Waals surface area contributed by atoms with Crippen LogP contribution >= 0.6 is 11.6 Å². The lowest BCUT2D eigenvalue weighted by Crippen LogP contribution is -2.20. The number of carbonyl (C=O) groups excluding carboxylic acids is 1. The number of para-hydroxylation sites is 2. The van der Waals surface area contributed by atoms with Crippen LogP contribution in [0.2, 0.25) is 5.02 Å². The molecule has 0 saturated carbocycles. The number of aryl methyl sites for hydroxylation is 2. The topological polar surface area (TPSA) is 84.7 Å². The van der Waals surface area contributed by atoms with Crippen LogP contribution in [0.15, 0.2) is 71.7 Å². The Morgan fingerprint density at radius 1 is 1.06 bits per heavy atom. The van der Waals surface area contributed by atoms with Crippen LogP contribution in [0.4, 0.5) is 16.2 Å².